The maximum atomic E-state index is 13.4. The summed E-state index contributed by atoms with van der Waals surface area (Å²) in [6.07, 6.45) is 5.26. The van der Waals surface area contributed by atoms with Gasteiger partial charge in [0.1, 0.15) is 11.6 Å². The molecule has 1 heterocycles. The Kier molecular flexibility index (Phi) is 4.09. The quantitative estimate of drug-likeness (QED) is 0.912. The molecule has 0 saturated heterocycles. The Hall–Kier alpha value is -2.37. The molecular weight excluding hydrogens is 283 g/mol. The van der Waals surface area contributed by atoms with Gasteiger partial charge in [-0.1, -0.05) is 6.07 Å². The second kappa shape index (κ2) is 6.17. The Morgan fingerprint density at radius 3 is 3.18 bits per heavy atom. The molecule has 0 bridgehead atoms. The van der Waals surface area contributed by atoms with E-state index in [2.05, 4.69) is 15.6 Å². The highest BCUT2D eigenvalue weighted by atomic mass is 19.1. The van der Waals surface area contributed by atoms with Gasteiger partial charge in [0.25, 0.3) is 0 Å². The summed E-state index contributed by atoms with van der Waals surface area (Å²) in [4.78, 5) is 16.2. The van der Waals surface area contributed by atoms with Crippen molar-refractivity contribution in [2.45, 2.75) is 38.9 Å². The highest BCUT2D eigenvalue weighted by Crippen LogP contribution is 2.31. The molecule has 0 spiro atoms. The minimum atomic E-state index is -0.266. The summed E-state index contributed by atoms with van der Waals surface area (Å²) in [5.41, 5.74) is 1.98. The summed E-state index contributed by atoms with van der Waals surface area (Å²) in [5, 5.41) is 5.71. The van der Waals surface area contributed by atoms with E-state index in [1.54, 1.807) is 12.3 Å². The van der Waals surface area contributed by atoms with Gasteiger partial charge in [-0.3, -0.25) is 0 Å². The normalized spacial score (nSPS) is 16.4. The Morgan fingerprint density at radius 1 is 1.50 bits per heavy atom. The Labute approximate surface area is 128 Å². The predicted molar refractivity (Wildman–Crippen MR) is 80.7 cm³/mol. The smallest absolute Gasteiger partial charge is 0.315 e. The molecule has 1 aliphatic rings. The number of aromatic nitrogens is 2. The van der Waals surface area contributed by atoms with Crippen LogP contribution in [0, 0.1) is 5.82 Å². The first-order chi connectivity index (χ1) is 10.7. The topological polar surface area (TPSA) is 59.0 Å². The lowest BCUT2D eigenvalue weighted by Gasteiger charge is -2.15. The van der Waals surface area contributed by atoms with E-state index in [9.17, 15) is 9.18 Å². The molecule has 1 aliphatic carbocycles. The summed E-state index contributed by atoms with van der Waals surface area (Å²) >= 11 is 0. The van der Waals surface area contributed by atoms with Gasteiger partial charge in [0.2, 0.25) is 0 Å². The molecule has 2 N–H and O–H groups in total. The lowest BCUT2D eigenvalue weighted by Crippen LogP contribution is -2.37. The third kappa shape index (κ3) is 2.95. The first-order valence-corrected chi connectivity index (χ1v) is 7.50. The van der Waals surface area contributed by atoms with E-state index in [0.717, 1.165) is 36.3 Å². The van der Waals surface area contributed by atoms with Gasteiger partial charge in [0.05, 0.1) is 12.6 Å². The maximum Gasteiger partial charge on any atom is 0.315 e. The van der Waals surface area contributed by atoms with E-state index < -0.39 is 0 Å². The summed E-state index contributed by atoms with van der Waals surface area (Å²) in [6.45, 7) is 3.21. The van der Waals surface area contributed by atoms with Crippen LogP contribution in [0.3, 0.4) is 0 Å². The van der Waals surface area contributed by atoms with Crippen LogP contribution < -0.4 is 10.6 Å². The van der Waals surface area contributed by atoms with Crippen molar-refractivity contribution in [2.24, 2.45) is 0 Å². The van der Waals surface area contributed by atoms with Gasteiger partial charge in [-0.25, -0.2) is 14.2 Å². The SMILES string of the molecule is CCn1ccnc1CNC(=O)NC1CCc2ccc(F)cc21. The van der Waals surface area contributed by atoms with E-state index in [4.69, 9.17) is 0 Å². The van der Waals surface area contributed by atoms with Crippen LogP contribution in [-0.4, -0.2) is 15.6 Å². The number of carbonyl (C=O) groups is 1. The standard InChI is InChI=1S/C16H19FN4O/c1-2-21-8-7-18-15(21)10-19-16(22)20-14-6-4-11-3-5-12(17)9-13(11)14/h3,5,7-9,14H,2,4,6,10H2,1H3,(H2,19,20,22). The summed E-state index contributed by atoms with van der Waals surface area (Å²) < 4.78 is 15.3. The number of hydrogen-bond donors (Lipinski definition) is 2. The van der Waals surface area contributed by atoms with Crippen LogP contribution in [0.2, 0.25) is 0 Å². The van der Waals surface area contributed by atoms with Crippen molar-refractivity contribution in [3.8, 4) is 0 Å². The van der Waals surface area contributed by atoms with Gasteiger partial charge >= 0.3 is 6.03 Å². The Morgan fingerprint density at radius 2 is 2.36 bits per heavy atom. The van der Waals surface area contributed by atoms with Crippen molar-refractivity contribution in [2.75, 3.05) is 0 Å². The second-order valence-corrected chi connectivity index (χ2v) is 5.39. The van der Waals surface area contributed by atoms with E-state index in [0.29, 0.717) is 6.54 Å². The van der Waals surface area contributed by atoms with Crippen LogP contribution in [0.4, 0.5) is 9.18 Å². The van der Waals surface area contributed by atoms with Crippen molar-refractivity contribution in [3.05, 3.63) is 53.4 Å². The molecule has 0 saturated carbocycles. The van der Waals surface area contributed by atoms with E-state index in [1.807, 2.05) is 17.7 Å². The van der Waals surface area contributed by atoms with Crippen molar-refractivity contribution in [1.82, 2.24) is 20.2 Å². The van der Waals surface area contributed by atoms with Crippen LogP contribution in [0.15, 0.2) is 30.6 Å². The van der Waals surface area contributed by atoms with Gasteiger partial charge in [0, 0.05) is 18.9 Å². The molecule has 2 aromatic rings. The Balaban J connectivity index is 1.58. The number of imidazole rings is 1. The Bertz CT molecular complexity index is 683. The third-order valence-electron chi connectivity index (χ3n) is 4.04. The lowest BCUT2D eigenvalue weighted by molar-refractivity contribution is 0.236. The minimum Gasteiger partial charge on any atom is -0.334 e. The van der Waals surface area contributed by atoms with Crippen molar-refractivity contribution < 1.29 is 9.18 Å². The molecule has 1 unspecified atom stereocenters. The molecule has 22 heavy (non-hydrogen) atoms. The van der Waals surface area contributed by atoms with Crippen LogP contribution in [0.5, 0.6) is 0 Å². The maximum absolute atomic E-state index is 13.4. The number of carbonyl (C=O) groups excluding carboxylic acids is 1. The van der Waals surface area contributed by atoms with Crippen LogP contribution in [0.25, 0.3) is 0 Å². The summed E-state index contributed by atoms with van der Waals surface area (Å²) in [5.74, 6) is 0.549. The fourth-order valence-corrected chi connectivity index (χ4v) is 2.89. The molecule has 116 valence electrons. The highest BCUT2D eigenvalue weighted by molar-refractivity contribution is 5.74. The predicted octanol–water partition coefficient (Wildman–Crippen LogP) is 2.53. The molecule has 0 aliphatic heterocycles. The van der Waals surface area contributed by atoms with Gasteiger partial charge < -0.3 is 15.2 Å². The molecule has 1 aromatic heterocycles. The van der Waals surface area contributed by atoms with Crippen LogP contribution >= 0.6 is 0 Å². The van der Waals surface area contributed by atoms with Gasteiger partial charge in [0.15, 0.2) is 0 Å². The summed E-state index contributed by atoms with van der Waals surface area (Å²) in [7, 11) is 0. The average Bonchev–Trinajstić information content (AvgIpc) is 3.12. The molecule has 0 radical (unpaired) electrons. The largest absolute Gasteiger partial charge is 0.334 e. The number of aryl methyl sites for hydroxylation is 2. The second-order valence-electron chi connectivity index (χ2n) is 5.39. The molecule has 6 heteroatoms. The van der Waals surface area contributed by atoms with E-state index >= 15 is 0 Å². The number of nitrogens with one attached hydrogen (secondary N) is 2. The van der Waals surface area contributed by atoms with Crippen LogP contribution in [-0.2, 0) is 19.5 Å². The molecular formula is C16H19FN4O. The molecule has 0 fully saturated rings. The molecule has 1 aromatic carbocycles. The zero-order valence-corrected chi connectivity index (χ0v) is 12.5. The number of hydrogen-bond acceptors (Lipinski definition) is 2. The third-order valence-corrected chi connectivity index (χ3v) is 4.04. The minimum absolute atomic E-state index is 0.128. The van der Waals surface area contributed by atoms with Crippen molar-refractivity contribution in [1.29, 1.82) is 0 Å². The zero-order valence-electron chi connectivity index (χ0n) is 12.5. The lowest BCUT2D eigenvalue weighted by atomic mass is 10.1. The molecule has 3 rings (SSSR count). The average molecular weight is 302 g/mol. The number of benzene rings is 1. The fraction of sp³-hybridized carbons (Fsp3) is 0.375. The summed E-state index contributed by atoms with van der Waals surface area (Å²) in [6, 6.07) is 4.38. The van der Waals surface area contributed by atoms with Gasteiger partial charge in [-0.05, 0) is 43.0 Å². The molecule has 5 nitrogen and oxygen atoms in total. The van der Waals surface area contributed by atoms with E-state index in [1.165, 1.54) is 12.1 Å². The fourth-order valence-electron chi connectivity index (χ4n) is 2.89. The van der Waals surface area contributed by atoms with Gasteiger partial charge in [-0.15, -0.1) is 0 Å². The number of fused-ring (bicyclic) bond motifs is 1. The number of nitrogens with zero attached hydrogens (tertiary/aromatic N) is 2. The highest BCUT2D eigenvalue weighted by Gasteiger charge is 2.24. The molecule has 2 amide bonds. The van der Waals surface area contributed by atoms with Crippen LogP contribution in [0.1, 0.15) is 36.3 Å². The molecule has 1 atom stereocenters. The first kappa shape index (κ1) is 14.6. The number of amides is 2. The van der Waals surface area contributed by atoms with Gasteiger partial charge in [-0.2, -0.15) is 0 Å². The number of halogens is 1. The van der Waals surface area contributed by atoms with E-state index in [-0.39, 0.29) is 17.9 Å². The monoisotopic (exact) mass is 302 g/mol. The zero-order chi connectivity index (χ0) is 15.5. The first-order valence-electron chi connectivity index (χ1n) is 7.50. The van der Waals surface area contributed by atoms with Crippen molar-refractivity contribution in [3.63, 3.8) is 0 Å². The van der Waals surface area contributed by atoms with Crippen molar-refractivity contribution >= 4 is 6.03 Å². The number of rotatable bonds is 4. The number of urea groups is 1.